The summed E-state index contributed by atoms with van der Waals surface area (Å²) in [6.07, 6.45) is 0. The van der Waals surface area contributed by atoms with Crippen LogP contribution in [0.5, 0.6) is 5.75 Å². The number of rotatable bonds is 6. The Morgan fingerprint density at radius 1 is 1.19 bits per heavy atom. The number of nitrogens with zero attached hydrogens (tertiary/aromatic N) is 3. The van der Waals surface area contributed by atoms with Crippen molar-refractivity contribution in [3.63, 3.8) is 0 Å². The van der Waals surface area contributed by atoms with Crippen LogP contribution in [-0.4, -0.2) is 28.2 Å². The van der Waals surface area contributed by atoms with Crippen LogP contribution in [-0.2, 0) is 11.3 Å². The predicted molar refractivity (Wildman–Crippen MR) is 88.5 cm³/mol. The molecule has 0 N–H and O–H groups in total. The summed E-state index contributed by atoms with van der Waals surface area (Å²) in [6.45, 7) is -0.155. The molecule has 132 valence electrons. The fourth-order valence-corrected chi connectivity index (χ4v) is 2.18. The van der Waals surface area contributed by atoms with E-state index in [2.05, 4.69) is 14.9 Å². The molecule has 0 spiro atoms. The molecule has 0 aliphatic heterocycles. The molecule has 26 heavy (non-hydrogen) atoms. The molecule has 0 saturated carbocycles. The van der Waals surface area contributed by atoms with E-state index in [4.69, 9.17) is 9.15 Å². The number of carbonyl (C=O) groups excluding carboxylic acids is 1. The fraction of sp³-hybridized carbons (Fsp3) is 0.118. The third-order valence-corrected chi connectivity index (χ3v) is 3.42. The number of nitro benzene ring substituents is 1. The molecule has 1 heterocycles. The average molecular weight is 355 g/mol. The topological polar surface area (TPSA) is 118 Å². The van der Waals surface area contributed by atoms with Crippen molar-refractivity contribution in [2.24, 2.45) is 0 Å². The molecular formula is C17H13N3O6. The van der Waals surface area contributed by atoms with Crippen molar-refractivity contribution in [1.82, 2.24) is 10.2 Å². The number of hydrogen-bond acceptors (Lipinski definition) is 8. The highest BCUT2D eigenvalue weighted by Crippen LogP contribution is 2.29. The van der Waals surface area contributed by atoms with Crippen LogP contribution in [0.1, 0.15) is 16.2 Å². The molecule has 0 bridgehead atoms. The number of nitro groups is 1. The van der Waals surface area contributed by atoms with Gasteiger partial charge in [-0.3, -0.25) is 10.1 Å². The number of esters is 1. The molecule has 9 nitrogen and oxygen atoms in total. The zero-order valence-electron chi connectivity index (χ0n) is 13.6. The third kappa shape index (κ3) is 3.66. The number of methoxy groups -OCH3 is 1. The van der Waals surface area contributed by atoms with Gasteiger partial charge in [0.25, 0.3) is 5.89 Å². The van der Waals surface area contributed by atoms with Gasteiger partial charge >= 0.3 is 11.7 Å². The van der Waals surface area contributed by atoms with Crippen LogP contribution in [0.15, 0.2) is 52.9 Å². The van der Waals surface area contributed by atoms with Crippen LogP contribution in [0.3, 0.4) is 0 Å². The Hall–Kier alpha value is -3.75. The highest BCUT2D eigenvalue weighted by atomic mass is 16.6. The zero-order chi connectivity index (χ0) is 18.5. The van der Waals surface area contributed by atoms with Crippen molar-refractivity contribution in [3.05, 3.63) is 70.1 Å². The molecule has 1 aromatic heterocycles. The first-order valence-electron chi connectivity index (χ1n) is 7.46. The van der Waals surface area contributed by atoms with Crippen LogP contribution in [0.4, 0.5) is 5.69 Å². The summed E-state index contributed by atoms with van der Waals surface area (Å²) in [6, 6.07) is 12.9. The smallest absolute Gasteiger partial charge is 0.338 e. The minimum absolute atomic E-state index is 0.0258. The van der Waals surface area contributed by atoms with Gasteiger partial charge in [0.2, 0.25) is 5.89 Å². The Morgan fingerprint density at radius 2 is 1.96 bits per heavy atom. The lowest BCUT2D eigenvalue weighted by atomic mass is 10.2. The monoisotopic (exact) mass is 355 g/mol. The van der Waals surface area contributed by atoms with Crippen molar-refractivity contribution >= 4 is 11.7 Å². The van der Waals surface area contributed by atoms with Crippen LogP contribution >= 0.6 is 0 Å². The lowest BCUT2D eigenvalue weighted by Gasteiger charge is -2.06. The summed E-state index contributed by atoms with van der Waals surface area (Å²) >= 11 is 0. The van der Waals surface area contributed by atoms with Gasteiger partial charge in [-0.15, -0.1) is 10.2 Å². The molecule has 3 rings (SSSR count). The van der Waals surface area contributed by atoms with Crippen molar-refractivity contribution in [3.8, 4) is 17.2 Å². The molecule has 0 atom stereocenters. The largest absolute Gasteiger partial charge is 0.477 e. The Morgan fingerprint density at radius 3 is 2.65 bits per heavy atom. The fourth-order valence-electron chi connectivity index (χ4n) is 2.18. The van der Waals surface area contributed by atoms with E-state index in [1.807, 2.05) is 30.3 Å². The Labute approximate surface area is 147 Å². The van der Waals surface area contributed by atoms with E-state index < -0.39 is 10.9 Å². The minimum atomic E-state index is -0.677. The van der Waals surface area contributed by atoms with Crippen molar-refractivity contribution in [2.75, 3.05) is 7.11 Å². The summed E-state index contributed by atoms with van der Waals surface area (Å²) in [7, 11) is 1.19. The summed E-state index contributed by atoms with van der Waals surface area (Å²) < 4.78 is 15.4. The van der Waals surface area contributed by atoms with Gasteiger partial charge in [0.05, 0.1) is 17.6 Å². The number of hydrogen-bond donors (Lipinski definition) is 0. The summed E-state index contributed by atoms with van der Waals surface area (Å²) in [5.74, 6) is -0.221. The van der Waals surface area contributed by atoms with Gasteiger partial charge in [-0.25, -0.2) is 4.79 Å². The number of ether oxygens (including phenoxy) is 2. The normalized spacial score (nSPS) is 10.3. The van der Waals surface area contributed by atoms with Crippen molar-refractivity contribution < 1.29 is 23.6 Å². The Kier molecular flexibility index (Phi) is 4.88. The quantitative estimate of drug-likeness (QED) is 0.376. The van der Waals surface area contributed by atoms with E-state index in [-0.39, 0.29) is 29.5 Å². The van der Waals surface area contributed by atoms with E-state index >= 15 is 0 Å². The van der Waals surface area contributed by atoms with Gasteiger partial charge in [-0.05, 0) is 24.3 Å². The maximum atomic E-state index is 11.5. The second-order valence-electron chi connectivity index (χ2n) is 5.09. The van der Waals surface area contributed by atoms with Crippen LogP contribution in [0, 0.1) is 10.1 Å². The first-order valence-corrected chi connectivity index (χ1v) is 7.46. The van der Waals surface area contributed by atoms with Gasteiger partial charge in [0.1, 0.15) is 0 Å². The molecule has 0 saturated heterocycles. The van der Waals surface area contributed by atoms with Crippen LogP contribution in [0.25, 0.3) is 11.5 Å². The molecular weight excluding hydrogens is 342 g/mol. The maximum absolute atomic E-state index is 11.5. The van der Waals surface area contributed by atoms with E-state index in [0.717, 1.165) is 11.6 Å². The summed E-state index contributed by atoms with van der Waals surface area (Å²) in [5.41, 5.74) is 0.436. The van der Waals surface area contributed by atoms with Gasteiger partial charge in [0.15, 0.2) is 12.4 Å². The Balaban J connectivity index is 1.76. The first kappa shape index (κ1) is 17.1. The zero-order valence-corrected chi connectivity index (χ0v) is 13.6. The van der Waals surface area contributed by atoms with Gasteiger partial charge in [-0.2, -0.15) is 0 Å². The van der Waals surface area contributed by atoms with Crippen molar-refractivity contribution in [1.29, 1.82) is 0 Å². The first-order chi connectivity index (χ1) is 12.6. The second-order valence-corrected chi connectivity index (χ2v) is 5.09. The highest BCUT2D eigenvalue weighted by molar-refractivity contribution is 5.90. The minimum Gasteiger partial charge on any atom is -0.477 e. The lowest BCUT2D eigenvalue weighted by Crippen LogP contribution is -2.04. The van der Waals surface area contributed by atoms with Crippen LogP contribution < -0.4 is 4.74 Å². The number of benzene rings is 2. The molecule has 0 radical (unpaired) electrons. The molecule has 0 aliphatic rings. The molecule has 0 unspecified atom stereocenters. The van der Waals surface area contributed by atoms with E-state index in [1.165, 1.54) is 19.2 Å². The molecule has 9 heteroatoms. The summed E-state index contributed by atoms with van der Waals surface area (Å²) in [5, 5.41) is 19.0. The van der Waals surface area contributed by atoms with Crippen LogP contribution in [0.2, 0.25) is 0 Å². The second kappa shape index (κ2) is 7.43. The van der Waals surface area contributed by atoms with Gasteiger partial charge in [-0.1, -0.05) is 18.2 Å². The lowest BCUT2D eigenvalue weighted by molar-refractivity contribution is -0.386. The van der Waals surface area contributed by atoms with E-state index in [0.29, 0.717) is 5.89 Å². The molecule has 0 fully saturated rings. The van der Waals surface area contributed by atoms with E-state index in [1.54, 1.807) is 0 Å². The van der Waals surface area contributed by atoms with E-state index in [9.17, 15) is 14.9 Å². The number of aromatic nitrogens is 2. The SMILES string of the molecule is COC(=O)c1ccc(OCc2nnc(-c3ccccc3)o2)c([N+](=O)[O-])c1. The third-order valence-electron chi connectivity index (χ3n) is 3.42. The van der Waals surface area contributed by atoms with Gasteiger partial charge in [0, 0.05) is 11.6 Å². The molecule has 0 amide bonds. The predicted octanol–water partition coefficient (Wildman–Crippen LogP) is 3.01. The summed E-state index contributed by atoms with van der Waals surface area (Å²) in [4.78, 5) is 22.1. The van der Waals surface area contributed by atoms with Gasteiger partial charge < -0.3 is 13.9 Å². The average Bonchev–Trinajstić information content (AvgIpc) is 3.15. The molecule has 0 aliphatic carbocycles. The number of carbonyl (C=O) groups is 1. The highest BCUT2D eigenvalue weighted by Gasteiger charge is 2.20. The maximum Gasteiger partial charge on any atom is 0.338 e. The van der Waals surface area contributed by atoms with Crippen molar-refractivity contribution in [2.45, 2.75) is 6.61 Å². The molecule has 3 aromatic rings. The Bertz CT molecular complexity index is 939. The molecule has 2 aromatic carbocycles. The standard InChI is InChI=1S/C17H13N3O6/c1-24-17(21)12-7-8-14(13(9-12)20(22)23)25-10-15-18-19-16(26-15)11-5-3-2-4-6-11/h2-9H,10H2,1H3.